The number of carbonyl (C=O) groups is 2. The Labute approximate surface area is 154 Å². The Morgan fingerprint density at radius 1 is 1.00 bits per heavy atom. The van der Waals surface area contributed by atoms with E-state index in [1.807, 2.05) is 36.8 Å². The number of carbonyl (C=O) groups excluding carboxylic acids is 2. The van der Waals surface area contributed by atoms with Crippen LogP contribution in [-0.4, -0.2) is 24.2 Å². The number of hydrogen-bond acceptors (Lipinski definition) is 4. The normalized spacial score (nSPS) is 10.3. The van der Waals surface area contributed by atoms with Crippen LogP contribution in [0.2, 0.25) is 0 Å². The first-order valence-corrected chi connectivity index (χ1v) is 10.7. The van der Waals surface area contributed by atoms with Gasteiger partial charge in [-0.3, -0.25) is 9.59 Å². The number of unbranched alkanes of at least 4 members (excludes halogenated alkanes) is 3. The van der Waals surface area contributed by atoms with Crippen molar-refractivity contribution in [3.63, 3.8) is 0 Å². The van der Waals surface area contributed by atoms with Crippen molar-refractivity contribution in [3.8, 4) is 0 Å². The Morgan fingerprint density at radius 2 is 1.62 bits per heavy atom. The van der Waals surface area contributed by atoms with Crippen molar-refractivity contribution in [2.24, 2.45) is 0 Å². The SMILES string of the molecule is CCCCCCc1ccc(NC(=O)C(C(C)=O)=C(SC)SC)cc1. The molecule has 0 aliphatic carbocycles. The summed E-state index contributed by atoms with van der Waals surface area (Å²) < 4.78 is 0.743. The van der Waals surface area contributed by atoms with E-state index in [0.29, 0.717) is 0 Å². The molecule has 0 atom stereocenters. The average Bonchev–Trinajstić information content (AvgIpc) is 2.57. The van der Waals surface area contributed by atoms with Crippen molar-refractivity contribution in [1.29, 1.82) is 0 Å². The number of benzene rings is 1. The van der Waals surface area contributed by atoms with Crippen molar-refractivity contribution < 1.29 is 9.59 Å². The molecule has 1 aromatic carbocycles. The summed E-state index contributed by atoms with van der Waals surface area (Å²) in [5.41, 5.74) is 2.23. The fraction of sp³-hybridized carbons (Fsp3) is 0.474. The first kappa shape index (κ1) is 20.8. The lowest BCUT2D eigenvalue weighted by Gasteiger charge is -2.11. The summed E-state index contributed by atoms with van der Waals surface area (Å²) in [7, 11) is 0. The first-order valence-electron chi connectivity index (χ1n) is 8.27. The molecule has 0 fully saturated rings. The molecule has 0 unspecified atom stereocenters. The fourth-order valence-electron chi connectivity index (χ4n) is 2.39. The largest absolute Gasteiger partial charge is 0.322 e. The summed E-state index contributed by atoms with van der Waals surface area (Å²) in [5, 5.41) is 2.83. The highest BCUT2D eigenvalue weighted by Crippen LogP contribution is 2.28. The molecule has 1 amide bonds. The van der Waals surface area contributed by atoms with E-state index in [1.54, 1.807) is 0 Å². The Morgan fingerprint density at radius 3 is 2.12 bits per heavy atom. The van der Waals surface area contributed by atoms with E-state index in [-0.39, 0.29) is 17.3 Å². The van der Waals surface area contributed by atoms with Gasteiger partial charge in [-0.05, 0) is 50.0 Å². The van der Waals surface area contributed by atoms with Crippen LogP contribution < -0.4 is 5.32 Å². The highest BCUT2D eigenvalue weighted by Gasteiger charge is 2.19. The summed E-state index contributed by atoms with van der Waals surface area (Å²) in [4.78, 5) is 24.2. The molecular formula is C19H27NO2S2. The van der Waals surface area contributed by atoms with E-state index in [1.165, 1.54) is 61.7 Å². The number of thioether (sulfide) groups is 2. The van der Waals surface area contributed by atoms with Gasteiger partial charge in [0.2, 0.25) is 0 Å². The minimum absolute atomic E-state index is 0.209. The molecule has 0 aliphatic heterocycles. The van der Waals surface area contributed by atoms with Gasteiger partial charge in [-0.15, -0.1) is 23.5 Å². The van der Waals surface area contributed by atoms with Crippen molar-refractivity contribution in [3.05, 3.63) is 39.6 Å². The molecule has 132 valence electrons. The van der Waals surface area contributed by atoms with Crippen molar-refractivity contribution in [2.75, 3.05) is 17.8 Å². The van der Waals surface area contributed by atoms with Crippen LogP contribution >= 0.6 is 23.5 Å². The predicted molar refractivity (Wildman–Crippen MR) is 108 cm³/mol. The van der Waals surface area contributed by atoms with Crippen molar-refractivity contribution in [2.45, 2.75) is 46.0 Å². The minimum atomic E-state index is -0.336. The van der Waals surface area contributed by atoms with Gasteiger partial charge in [0.05, 0.1) is 4.24 Å². The van der Waals surface area contributed by atoms with Crippen LogP contribution in [0.15, 0.2) is 34.1 Å². The van der Waals surface area contributed by atoms with Crippen LogP contribution in [0.25, 0.3) is 0 Å². The topological polar surface area (TPSA) is 46.2 Å². The number of nitrogens with one attached hydrogen (secondary N) is 1. The maximum atomic E-state index is 12.4. The third-order valence-electron chi connectivity index (χ3n) is 3.68. The molecule has 24 heavy (non-hydrogen) atoms. The standard InChI is InChI=1S/C19H27NO2S2/c1-5-6-7-8-9-15-10-12-16(13-11-15)20-18(22)17(14(2)21)19(23-3)24-4/h10-13H,5-9H2,1-4H3,(H,20,22). The Hall–Kier alpha value is -1.20. The maximum Gasteiger partial charge on any atom is 0.260 e. The summed E-state index contributed by atoms with van der Waals surface area (Å²) in [6, 6.07) is 7.90. The van der Waals surface area contributed by atoms with Crippen LogP contribution in [0, 0.1) is 0 Å². The number of hydrogen-bond donors (Lipinski definition) is 1. The molecular weight excluding hydrogens is 338 g/mol. The summed E-state index contributed by atoms with van der Waals surface area (Å²) in [6.45, 7) is 3.64. The number of Topliss-reactive ketones (excluding diaryl/α,β-unsaturated/α-hetero) is 1. The van der Waals surface area contributed by atoms with Crippen LogP contribution in [0.5, 0.6) is 0 Å². The van der Waals surface area contributed by atoms with Gasteiger partial charge in [0.1, 0.15) is 5.57 Å². The monoisotopic (exact) mass is 365 g/mol. The molecule has 0 aliphatic rings. The van der Waals surface area contributed by atoms with E-state index in [0.717, 1.165) is 16.3 Å². The second kappa shape index (κ2) is 11.4. The van der Waals surface area contributed by atoms with E-state index >= 15 is 0 Å². The Kier molecular flexibility index (Phi) is 9.88. The number of aryl methyl sites for hydroxylation is 1. The lowest BCUT2D eigenvalue weighted by Crippen LogP contribution is -2.20. The van der Waals surface area contributed by atoms with E-state index in [9.17, 15) is 9.59 Å². The zero-order chi connectivity index (χ0) is 17.9. The molecule has 5 heteroatoms. The van der Waals surface area contributed by atoms with E-state index in [4.69, 9.17) is 0 Å². The first-order chi connectivity index (χ1) is 11.5. The van der Waals surface area contributed by atoms with Gasteiger partial charge in [0, 0.05) is 5.69 Å². The quantitative estimate of drug-likeness (QED) is 0.265. The van der Waals surface area contributed by atoms with Crippen LogP contribution in [0.1, 0.15) is 45.1 Å². The number of rotatable bonds is 10. The Bertz CT molecular complexity index is 574. The summed E-state index contributed by atoms with van der Waals surface area (Å²) in [6.07, 6.45) is 9.78. The third-order valence-corrected chi connectivity index (χ3v) is 5.83. The lowest BCUT2D eigenvalue weighted by molar-refractivity contribution is -0.118. The van der Waals surface area contributed by atoms with Crippen molar-refractivity contribution >= 4 is 40.9 Å². The zero-order valence-electron chi connectivity index (χ0n) is 15.0. The van der Waals surface area contributed by atoms with Gasteiger partial charge < -0.3 is 5.32 Å². The molecule has 1 rings (SSSR count). The van der Waals surface area contributed by atoms with Gasteiger partial charge >= 0.3 is 0 Å². The molecule has 0 radical (unpaired) electrons. The zero-order valence-corrected chi connectivity index (χ0v) is 16.6. The molecule has 0 saturated heterocycles. The summed E-state index contributed by atoms with van der Waals surface area (Å²) in [5.74, 6) is -0.546. The second-order valence-electron chi connectivity index (χ2n) is 5.59. The van der Waals surface area contributed by atoms with Gasteiger partial charge in [-0.2, -0.15) is 0 Å². The molecule has 0 aromatic heterocycles. The minimum Gasteiger partial charge on any atom is -0.322 e. The third kappa shape index (κ3) is 6.73. The van der Waals surface area contributed by atoms with E-state index < -0.39 is 0 Å². The van der Waals surface area contributed by atoms with Crippen LogP contribution in [0.4, 0.5) is 5.69 Å². The molecule has 0 saturated carbocycles. The molecule has 3 nitrogen and oxygen atoms in total. The highest BCUT2D eigenvalue weighted by molar-refractivity contribution is 8.21. The number of ketones is 1. The number of amides is 1. The Balaban J connectivity index is 2.73. The molecule has 0 bridgehead atoms. The highest BCUT2D eigenvalue weighted by atomic mass is 32.2. The van der Waals surface area contributed by atoms with Gasteiger partial charge in [0.15, 0.2) is 5.78 Å². The van der Waals surface area contributed by atoms with Gasteiger partial charge in [0.25, 0.3) is 5.91 Å². The molecule has 0 spiro atoms. The lowest BCUT2D eigenvalue weighted by atomic mass is 10.1. The fourth-order valence-corrected chi connectivity index (χ4v) is 3.94. The maximum absolute atomic E-state index is 12.4. The van der Waals surface area contributed by atoms with Gasteiger partial charge in [-0.1, -0.05) is 38.3 Å². The average molecular weight is 366 g/mol. The molecule has 0 heterocycles. The van der Waals surface area contributed by atoms with Crippen molar-refractivity contribution in [1.82, 2.24) is 0 Å². The second-order valence-corrected chi connectivity index (χ2v) is 7.48. The van der Waals surface area contributed by atoms with Gasteiger partial charge in [-0.25, -0.2) is 0 Å². The smallest absolute Gasteiger partial charge is 0.260 e. The predicted octanol–water partition coefficient (Wildman–Crippen LogP) is 5.27. The number of anilines is 1. The summed E-state index contributed by atoms with van der Waals surface area (Å²) >= 11 is 2.84. The molecule has 1 N–H and O–H groups in total. The van der Waals surface area contributed by atoms with Crippen LogP contribution in [-0.2, 0) is 16.0 Å². The van der Waals surface area contributed by atoms with Crippen LogP contribution in [0.3, 0.4) is 0 Å². The van der Waals surface area contributed by atoms with E-state index in [2.05, 4.69) is 12.2 Å². The molecule has 1 aromatic rings.